The van der Waals surface area contributed by atoms with Gasteiger partial charge in [-0.3, -0.25) is 9.69 Å². The number of carboxylic acid groups (broad SMARTS) is 1. The van der Waals surface area contributed by atoms with Crippen molar-refractivity contribution in [2.75, 3.05) is 25.0 Å². The zero-order chi connectivity index (χ0) is 21.3. The van der Waals surface area contributed by atoms with Crippen molar-refractivity contribution in [1.29, 1.82) is 0 Å². The first kappa shape index (κ1) is 20.2. The Morgan fingerprint density at radius 1 is 1.17 bits per heavy atom. The van der Waals surface area contributed by atoms with E-state index in [2.05, 4.69) is 28.9 Å². The minimum atomic E-state index is -1.01. The van der Waals surface area contributed by atoms with Gasteiger partial charge < -0.3 is 10.0 Å². The number of aliphatic imine (C=N–C) groups is 1. The maximum Gasteiger partial charge on any atom is 0.335 e. The number of nitrogens with zero attached hydrogens (tertiary/aromatic N) is 3. The van der Waals surface area contributed by atoms with Crippen LogP contribution in [0.2, 0.25) is 0 Å². The Kier molecular flexibility index (Phi) is 5.63. The molecule has 2 aromatic rings. The minimum absolute atomic E-state index is 0.116. The first-order chi connectivity index (χ1) is 14.4. The van der Waals surface area contributed by atoms with E-state index < -0.39 is 5.97 Å². The van der Waals surface area contributed by atoms with E-state index in [0.717, 1.165) is 18.7 Å². The SMILES string of the molecule is Cc1cc(C=C2SC(=Nc3cccc(C(=O)O)c3)N(C)C2=O)ccc1N1CCCC1. The normalized spacial score (nSPS) is 19.3. The zero-order valence-electron chi connectivity index (χ0n) is 17.0. The smallest absolute Gasteiger partial charge is 0.335 e. The van der Waals surface area contributed by atoms with E-state index in [-0.39, 0.29) is 11.5 Å². The van der Waals surface area contributed by atoms with Gasteiger partial charge in [-0.15, -0.1) is 0 Å². The van der Waals surface area contributed by atoms with Gasteiger partial charge in [-0.2, -0.15) is 0 Å². The van der Waals surface area contributed by atoms with E-state index in [9.17, 15) is 9.59 Å². The summed E-state index contributed by atoms with van der Waals surface area (Å²) in [5.41, 5.74) is 4.11. The van der Waals surface area contributed by atoms with Crippen LogP contribution in [0.3, 0.4) is 0 Å². The van der Waals surface area contributed by atoms with Gasteiger partial charge in [0.15, 0.2) is 5.17 Å². The Morgan fingerprint density at radius 2 is 1.93 bits per heavy atom. The number of aryl methyl sites for hydroxylation is 1. The molecule has 7 heteroatoms. The summed E-state index contributed by atoms with van der Waals surface area (Å²) >= 11 is 1.30. The second-order valence-corrected chi connectivity index (χ2v) is 8.47. The Hall–Kier alpha value is -3.06. The Bertz CT molecular complexity index is 1070. The molecule has 0 bridgehead atoms. The predicted octanol–water partition coefficient (Wildman–Crippen LogP) is 4.53. The van der Waals surface area contributed by atoms with E-state index in [1.165, 1.54) is 52.9 Å². The third-order valence-electron chi connectivity index (χ3n) is 5.29. The molecule has 0 spiro atoms. The highest BCUT2D eigenvalue weighted by molar-refractivity contribution is 8.18. The van der Waals surface area contributed by atoms with Crippen LogP contribution in [0.15, 0.2) is 52.4 Å². The van der Waals surface area contributed by atoms with Crippen LogP contribution in [0, 0.1) is 6.92 Å². The number of hydrogen-bond acceptors (Lipinski definition) is 5. The lowest BCUT2D eigenvalue weighted by molar-refractivity contribution is -0.121. The molecule has 1 N–H and O–H groups in total. The van der Waals surface area contributed by atoms with E-state index in [0.29, 0.717) is 15.8 Å². The van der Waals surface area contributed by atoms with Crippen molar-refractivity contribution in [2.24, 2.45) is 4.99 Å². The number of carbonyl (C=O) groups is 2. The lowest BCUT2D eigenvalue weighted by atomic mass is 10.1. The van der Waals surface area contributed by atoms with Crippen LogP contribution < -0.4 is 4.90 Å². The summed E-state index contributed by atoms with van der Waals surface area (Å²) in [6, 6.07) is 12.7. The van der Waals surface area contributed by atoms with E-state index in [1.54, 1.807) is 19.2 Å². The highest BCUT2D eigenvalue weighted by atomic mass is 32.2. The summed E-state index contributed by atoms with van der Waals surface area (Å²) in [5.74, 6) is -1.12. The Balaban J connectivity index is 1.58. The number of amidine groups is 1. The minimum Gasteiger partial charge on any atom is -0.478 e. The molecule has 2 fully saturated rings. The number of benzene rings is 2. The first-order valence-electron chi connectivity index (χ1n) is 9.87. The Labute approximate surface area is 179 Å². The van der Waals surface area contributed by atoms with Crippen LogP contribution >= 0.6 is 11.8 Å². The maximum absolute atomic E-state index is 12.7. The largest absolute Gasteiger partial charge is 0.478 e. The van der Waals surface area contributed by atoms with Gasteiger partial charge in [0.2, 0.25) is 0 Å². The number of amides is 1. The highest BCUT2D eigenvalue weighted by Gasteiger charge is 2.30. The highest BCUT2D eigenvalue weighted by Crippen LogP contribution is 2.34. The van der Waals surface area contributed by atoms with Gasteiger partial charge in [0.05, 0.1) is 16.2 Å². The lowest BCUT2D eigenvalue weighted by Crippen LogP contribution is -2.23. The van der Waals surface area contributed by atoms with Crippen LogP contribution in [-0.2, 0) is 4.79 Å². The number of anilines is 1. The molecule has 2 saturated heterocycles. The molecule has 2 heterocycles. The van der Waals surface area contributed by atoms with Gasteiger partial charge in [-0.25, -0.2) is 9.79 Å². The van der Waals surface area contributed by atoms with Crippen LogP contribution in [-0.4, -0.2) is 47.2 Å². The number of aromatic carboxylic acids is 1. The monoisotopic (exact) mass is 421 g/mol. The van der Waals surface area contributed by atoms with Crippen LogP contribution in [0.4, 0.5) is 11.4 Å². The summed E-state index contributed by atoms with van der Waals surface area (Å²) in [4.78, 5) is 32.8. The van der Waals surface area contributed by atoms with Crippen LogP contribution in [0.5, 0.6) is 0 Å². The average molecular weight is 422 g/mol. The fourth-order valence-electron chi connectivity index (χ4n) is 3.70. The molecular formula is C23H23N3O3S. The van der Waals surface area contributed by atoms with Gasteiger partial charge in [0.25, 0.3) is 5.91 Å². The third-order valence-corrected chi connectivity index (χ3v) is 6.35. The zero-order valence-corrected chi connectivity index (χ0v) is 17.8. The van der Waals surface area contributed by atoms with Gasteiger partial charge in [-0.05, 0) is 79.1 Å². The number of rotatable bonds is 4. The summed E-state index contributed by atoms with van der Waals surface area (Å²) in [7, 11) is 1.68. The number of likely N-dealkylation sites (N-methyl/N-ethyl adjacent to an activating group) is 1. The van der Waals surface area contributed by atoms with Crippen molar-refractivity contribution in [3.05, 3.63) is 64.1 Å². The van der Waals surface area contributed by atoms with Gasteiger partial charge in [-0.1, -0.05) is 12.1 Å². The van der Waals surface area contributed by atoms with Crippen molar-refractivity contribution in [2.45, 2.75) is 19.8 Å². The molecule has 0 aromatic heterocycles. The molecule has 154 valence electrons. The summed E-state index contributed by atoms with van der Waals surface area (Å²) in [6.45, 7) is 4.31. The Morgan fingerprint density at radius 3 is 2.63 bits per heavy atom. The molecule has 6 nitrogen and oxygen atoms in total. The fourth-order valence-corrected chi connectivity index (χ4v) is 4.69. The molecule has 1 amide bonds. The van der Waals surface area contributed by atoms with Crippen LogP contribution in [0.25, 0.3) is 6.08 Å². The molecule has 0 saturated carbocycles. The van der Waals surface area contributed by atoms with Crippen molar-refractivity contribution in [1.82, 2.24) is 4.90 Å². The number of carboxylic acids is 1. The van der Waals surface area contributed by atoms with Gasteiger partial charge in [0.1, 0.15) is 0 Å². The maximum atomic E-state index is 12.7. The van der Waals surface area contributed by atoms with E-state index >= 15 is 0 Å². The number of thioether (sulfide) groups is 1. The quantitative estimate of drug-likeness (QED) is 0.735. The van der Waals surface area contributed by atoms with Gasteiger partial charge >= 0.3 is 5.97 Å². The average Bonchev–Trinajstić information content (AvgIpc) is 3.34. The van der Waals surface area contributed by atoms with Crippen molar-refractivity contribution in [3.63, 3.8) is 0 Å². The molecule has 0 atom stereocenters. The lowest BCUT2D eigenvalue weighted by Gasteiger charge is -2.20. The summed E-state index contributed by atoms with van der Waals surface area (Å²) in [6.07, 6.45) is 4.36. The summed E-state index contributed by atoms with van der Waals surface area (Å²) in [5, 5.41) is 9.68. The van der Waals surface area contributed by atoms with E-state index in [4.69, 9.17) is 5.11 Å². The van der Waals surface area contributed by atoms with Crippen molar-refractivity contribution >= 4 is 46.3 Å². The molecular weight excluding hydrogens is 398 g/mol. The fraction of sp³-hybridized carbons (Fsp3) is 0.261. The summed E-state index contributed by atoms with van der Waals surface area (Å²) < 4.78 is 0. The molecule has 4 rings (SSSR count). The van der Waals surface area contributed by atoms with E-state index in [1.807, 2.05) is 12.1 Å². The number of carbonyl (C=O) groups excluding carboxylic acids is 1. The molecule has 0 aliphatic carbocycles. The molecule has 2 aliphatic rings. The molecule has 30 heavy (non-hydrogen) atoms. The third kappa shape index (κ3) is 4.11. The van der Waals surface area contributed by atoms with Gasteiger partial charge in [0, 0.05) is 25.8 Å². The standard InChI is InChI=1S/C23H23N3O3S/c1-15-12-16(8-9-19(15)26-10-3-4-11-26)13-20-21(27)25(2)23(30-20)24-18-7-5-6-17(14-18)22(28)29/h5-9,12-14H,3-4,10-11H2,1-2H3,(H,28,29). The number of hydrogen-bond donors (Lipinski definition) is 1. The molecule has 0 radical (unpaired) electrons. The molecule has 2 aromatic carbocycles. The molecule has 0 unspecified atom stereocenters. The first-order valence-corrected chi connectivity index (χ1v) is 10.7. The second kappa shape index (κ2) is 8.36. The topological polar surface area (TPSA) is 73.2 Å². The molecule has 2 aliphatic heterocycles. The second-order valence-electron chi connectivity index (χ2n) is 7.46. The van der Waals surface area contributed by atoms with Crippen LogP contribution in [0.1, 0.15) is 34.3 Å². The van der Waals surface area contributed by atoms with Crippen molar-refractivity contribution in [3.8, 4) is 0 Å². The van der Waals surface area contributed by atoms with Crippen molar-refractivity contribution < 1.29 is 14.7 Å². The predicted molar refractivity (Wildman–Crippen MR) is 121 cm³/mol.